The first-order valence-corrected chi connectivity index (χ1v) is 4.32. The predicted molar refractivity (Wildman–Crippen MR) is 50.8 cm³/mol. The maximum atomic E-state index is 13.2. The van der Waals surface area contributed by atoms with Gasteiger partial charge in [-0.1, -0.05) is 6.07 Å². The van der Waals surface area contributed by atoms with E-state index in [2.05, 4.69) is 14.7 Å². The van der Waals surface area contributed by atoms with Crippen LogP contribution in [0.4, 0.5) is 14.5 Å². The molecule has 0 aliphatic carbocycles. The van der Waals surface area contributed by atoms with Crippen LogP contribution in [0.2, 0.25) is 0 Å². The van der Waals surface area contributed by atoms with E-state index in [-0.39, 0.29) is 11.4 Å². The lowest BCUT2D eigenvalue weighted by Crippen LogP contribution is -2.13. The minimum Gasteiger partial charge on any atom is -0.451 e. The molecule has 0 radical (unpaired) electrons. The maximum absolute atomic E-state index is 13.2. The standard InChI is InChI=1S/C10H6F2N2O2/c11-6-2-1-3-7(9(6)12)14-10(15)8-4-16-5-13-8/h1-5H,(H,14,15). The third kappa shape index (κ3) is 1.90. The Hall–Kier alpha value is -2.24. The Balaban J connectivity index is 2.22. The van der Waals surface area contributed by atoms with Gasteiger partial charge in [0.05, 0.1) is 5.69 Å². The third-order valence-corrected chi connectivity index (χ3v) is 1.86. The third-order valence-electron chi connectivity index (χ3n) is 1.86. The van der Waals surface area contributed by atoms with Crippen molar-refractivity contribution < 1.29 is 18.0 Å². The van der Waals surface area contributed by atoms with Crippen LogP contribution in [0.1, 0.15) is 10.5 Å². The minimum atomic E-state index is -1.11. The molecule has 1 aromatic heterocycles. The number of hydrogen-bond donors (Lipinski definition) is 1. The van der Waals surface area contributed by atoms with Crippen molar-refractivity contribution in [3.63, 3.8) is 0 Å². The molecule has 0 aliphatic rings. The molecule has 16 heavy (non-hydrogen) atoms. The summed E-state index contributed by atoms with van der Waals surface area (Å²) in [7, 11) is 0. The van der Waals surface area contributed by atoms with E-state index in [1.54, 1.807) is 0 Å². The van der Waals surface area contributed by atoms with Crippen molar-refractivity contribution >= 4 is 11.6 Å². The number of nitrogens with zero attached hydrogens (tertiary/aromatic N) is 1. The van der Waals surface area contributed by atoms with E-state index >= 15 is 0 Å². The Bertz CT molecular complexity index is 512. The fourth-order valence-electron chi connectivity index (χ4n) is 1.11. The number of oxazole rings is 1. The molecule has 0 bridgehead atoms. The Morgan fingerprint density at radius 2 is 2.19 bits per heavy atom. The molecule has 1 amide bonds. The number of halogens is 2. The average Bonchev–Trinajstić information content (AvgIpc) is 2.78. The highest BCUT2D eigenvalue weighted by Crippen LogP contribution is 2.17. The molecule has 0 unspecified atom stereocenters. The summed E-state index contributed by atoms with van der Waals surface area (Å²) in [6.07, 6.45) is 2.17. The van der Waals surface area contributed by atoms with Gasteiger partial charge in [-0.05, 0) is 12.1 Å². The second-order valence-corrected chi connectivity index (χ2v) is 2.93. The number of carbonyl (C=O) groups excluding carboxylic acids is 1. The van der Waals surface area contributed by atoms with Crippen LogP contribution in [0.25, 0.3) is 0 Å². The van der Waals surface area contributed by atoms with Crippen LogP contribution in [0.5, 0.6) is 0 Å². The highest BCUT2D eigenvalue weighted by molar-refractivity contribution is 6.02. The predicted octanol–water partition coefficient (Wildman–Crippen LogP) is 2.21. The SMILES string of the molecule is O=C(Nc1cccc(F)c1F)c1cocn1. The van der Waals surface area contributed by atoms with Crippen molar-refractivity contribution in [1.82, 2.24) is 4.98 Å². The zero-order valence-corrected chi connectivity index (χ0v) is 7.91. The van der Waals surface area contributed by atoms with Gasteiger partial charge in [-0.15, -0.1) is 0 Å². The number of nitrogens with one attached hydrogen (secondary N) is 1. The first kappa shape index (κ1) is 10.3. The molecule has 0 aliphatic heterocycles. The monoisotopic (exact) mass is 224 g/mol. The Morgan fingerprint density at radius 3 is 2.88 bits per heavy atom. The number of rotatable bonds is 2. The molecule has 1 aromatic carbocycles. The van der Waals surface area contributed by atoms with Crippen LogP contribution in [0.15, 0.2) is 35.3 Å². The maximum Gasteiger partial charge on any atom is 0.277 e. The van der Waals surface area contributed by atoms with Gasteiger partial charge in [0.15, 0.2) is 23.7 Å². The van der Waals surface area contributed by atoms with Crippen molar-refractivity contribution in [2.45, 2.75) is 0 Å². The van der Waals surface area contributed by atoms with E-state index in [0.717, 1.165) is 18.7 Å². The van der Waals surface area contributed by atoms with Crippen molar-refractivity contribution in [2.24, 2.45) is 0 Å². The molecule has 0 atom stereocenters. The fourth-order valence-corrected chi connectivity index (χ4v) is 1.11. The van der Waals surface area contributed by atoms with Gasteiger partial charge in [-0.2, -0.15) is 0 Å². The van der Waals surface area contributed by atoms with Gasteiger partial charge in [0.25, 0.3) is 5.91 Å². The van der Waals surface area contributed by atoms with Crippen LogP contribution < -0.4 is 5.32 Å². The molecule has 2 rings (SSSR count). The van der Waals surface area contributed by atoms with Gasteiger partial charge in [0, 0.05) is 0 Å². The summed E-state index contributed by atoms with van der Waals surface area (Å²) in [5.41, 5.74) is -0.253. The first-order valence-electron chi connectivity index (χ1n) is 4.32. The van der Waals surface area contributed by atoms with E-state index < -0.39 is 17.5 Å². The molecule has 82 valence electrons. The van der Waals surface area contributed by atoms with Gasteiger partial charge in [-0.25, -0.2) is 13.8 Å². The highest BCUT2D eigenvalue weighted by atomic mass is 19.2. The molecule has 0 saturated heterocycles. The molecule has 1 N–H and O–H groups in total. The molecule has 0 fully saturated rings. The van der Waals surface area contributed by atoms with Crippen molar-refractivity contribution in [3.05, 3.63) is 48.2 Å². The van der Waals surface area contributed by atoms with E-state index in [4.69, 9.17) is 0 Å². The first-order chi connectivity index (χ1) is 7.68. The Kier molecular flexibility index (Phi) is 2.63. The van der Waals surface area contributed by atoms with Gasteiger partial charge in [0.1, 0.15) is 6.26 Å². The van der Waals surface area contributed by atoms with Crippen molar-refractivity contribution in [3.8, 4) is 0 Å². The molecule has 4 nitrogen and oxygen atoms in total. The molecule has 1 heterocycles. The van der Waals surface area contributed by atoms with Crippen LogP contribution in [0, 0.1) is 11.6 Å². The molecule has 6 heteroatoms. The summed E-state index contributed by atoms with van der Waals surface area (Å²) in [6, 6.07) is 3.49. The van der Waals surface area contributed by atoms with E-state index in [9.17, 15) is 13.6 Å². The van der Waals surface area contributed by atoms with Crippen LogP contribution in [-0.2, 0) is 0 Å². The van der Waals surface area contributed by atoms with E-state index in [0.29, 0.717) is 0 Å². The Morgan fingerprint density at radius 1 is 1.38 bits per heavy atom. The number of amides is 1. The zero-order valence-electron chi connectivity index (χ0n) is 7.91. The van der Waals surface area contributed by atoms with Crippen LogP contribution in [-0.4, -0.2) is 10.9 Å². The van der Waals surface area contributed by atoms with E-state index in [1.807, 2.05) is 0 Å². The topological polar surface area (TPSA) is 55.1 Å². The number of anilines is 1. The summed E-state index contributed by atoms with van der Waals surface area (Å²) in [5.74, 6) is -2.81. The van der Waals surface area contributed by atoms with Gasteiger partial charge in [0.2, 0.25) is 0 Å². The summed E-state index contributed by atoms with van der Waals surface area (Å²) in [6.45, 7) is 0. The summed E-state index contributed by atoms with van der Waals surface area (Å²) in [4.78, 5) is 15.0. The quantitative estimate of drug-likeness (QED) is 0.850. The lowest BCUT2D eigenvalue weighted by atomic mass is 10.3. The van der Waals surface area contributed by atoms with Gasteiger partial charge in [-0.3, -0.25) is 4.79 Å². The molecular weight excluding hydrogens is 218 g/mol. The second-order valence-electron chi connectivity index (χ2n) is 2.93. The highest BCUT2D eigenvalue weighted by Gasteiger charge is 2.13. The van der Waals surface area contributed by atoms with E-state index in [1.165, 1.54) is 12.1 Å². The fraction of sp³-hybridized carbons (Fsp3) is 0. The second kappa shape index (κ2) is 4.09. The minimum absolute atomic E-state index is 0.0105. The molecular formula is C10H6F2N2O2. The summed E-state index contributed by atoms with van der Waals surface area (Å²) < 4.78 is 30.6. The van der Waals surface area contributed by atoms with Crippen molar-refractivity contribution in [2.75, 3.05) is 5.32 Å². The van der Waals surface area contributed by atoms with Gasteiger partial charge >= 0.3 is 0 Å². The molecule has 0 saturated carbocycles. The van der Waals surface area contributed by atoms with Crippen LogP contribution >= 0.6 is 0 Å². The van der Waals surface area contributed by atoms with Gasteiger partial charge < -0.3 is 9.73 Å². The summed E-state index contributed by atoms with van der Waals surface area (Å²) in [5, 5.41) is 2.18. The Labute approximate surface area is 88.9 Å². The van der Waals surface area contributed by atoms with Crippen molar-refractivity contribution in [1.29, 1.82) is 0 Å². The number of hydrogen-bond acceptors (Lipinski definition) is 3. The average molecular weight is 224 g/mol. The lowest BCUT2D eigenvalue weighted by molar-refractivity contribution is 0.102. The normalized spacial score (nSPS) is 10.1. The molecule has 0 spiro atoms. The molecule has 2 aromatic rings. The zero-order chi connectivity index (χ0) is 11.5. The van der Waals surface area contributed by atoms with Crippen LogP contribution in [0.3, 0.4) is 0 Å². The largest absolute Gasteiger partial charge is 0.451 e. The number of benzene rings is 1. The lowest BCUT2D eigenvalue weighted by Gasteiger charge is -2.04. The summed E-state index contributed by atoms with van der Waals surface area (Å²) >= 11 is 0. The number of carbonyl (C=O) groups is 1. The number of aromatic nitrogens is 1. The smallest absolute Gasteiger partial charge is 0.277 e.